The van der Waals surface area contributed by atoms with Crippen molar-refractivity contribution in [1.29, 1.82) is 0 Å². The van der Waals surface area contributed by atoms with Gasteiger partial charge in [0.05, 0.1) is 6.04 Å². The molecule has 0 saturated carbocycles. The van der Waals surface area contributed by atoms with Crippen molar-refractivity contribution in [2.75, 3.05) is 6.54 Å². The van der Waals surface area contributed by atoms with Crippen LogP contribution in [-0.4, -0.2) is 6.54 Å². The minimum atomic E-state index is 0.0520. The molecule has 1 heteroatoms. The summed E-state index contributed by atoms with van der Waals surface area (Å²) in [7, 11) is 0. The van der Waals surface area contributed by atoms with Crippen LogP contribution in [0.1, 0.15) is 30.5 Å². The molecular formula is C13H17N. The maximum Gasteiger partial charge on any atom is 0.0945 e. The maximum absolute atomic E-state index is 5.50. The Morgan fingerprint density at radius 2 is 2.14 bits per heavy atom. The van der Waals surface area contributed by atoms with Gasteiger partial charge >= 0.3 is 0 Å². The first-order valence-corrected chi connectivity index (χ1v) is 5.04. The van der Waals surface area contributed by atoms with E-state index in [1.807, 2.05) is 12.1 Å². The van der Waals surface area contributed by atoms with Crippen molar-refractivity contribution in [3.63, 3.8) is 0 Å². The van der Waals surface area contributed by atoms with Crippen LogP contribution >= 0.6 is 0 Å². The highest BCUT2D eigenvalue weighted by Gasteiger charge is 2.08. The van der Waals surface area contributed by atoms with E-state index in [0.29, 0.717) is 0 Å². The summed E-state index contributed by atoms with van der Waals surface area (Å²) >= 11 is 0. The second-order valence-corrected chi connectivity index (χ2v) is 3.41. The van der Waals surface area contributed by atoms with Crippen LogP contribution in [0.3, 0.4) is 0 Å². The zero-order valence-electron chi connectivity index (χ0n) is 8.88. The normalized spacial score (nSPS) is 12.1. The van der Waals surface area contributed by atoms with Crippen molar-refractivity contribution >= 4 is 0 Å². The first kappa shape index (κ1) is 10.8. The molecule has 0 aliphatic carbocycles. The highest BCUT2D eigenvalue weighted by molar-refractivity contribution is 5.33. The zero-order chi connectivity index (χ0) is 10.4. The highest BCUT2D eigenvalue weighted by Crippen LogP contribution is 2.16. The molecule has 0 aliphatic rings. The Morgan fingerprint density at radius 3 is 2.71 bits per heavy atom. The number of benzene rings is 1. The van der Waals surface area contributed by atoms with Crippen molar-refractivity contribution in [1.82, 2.24) is 5.32 Å². The summed E-state index contributed by atoms with van der Waals surface area (Å²) in [5, 5.41) is 3.34. The van der Waals surface area contributed by atoms with Crippen LogP contribution in [0.5, 0.6) is 0 Å². The molecule has 1 rings (SSSR count). The lowest BCUT2D eigenvalue weighted by molar-refractivity contribution is 0.624. The van der Waals surface area contributed by atoms with Crippen molar-refractivity contribution in [3.05, 3.63) is 35.4 Å². The molecule has 0 aromatic heterocycles. The van der Waals surface area contributed by atoms with Crippen LogP contribution in [0.25, 0.3) is 0 Å². The third-order valence-electron chi connectivity index (χ3n) is 2.26. The van der Waals surface area contributed by atoms with Crippen LogP contribution in [0.2, 0.25) is 0 Å². The van der Waals surface area contributed by atoms with Gasteiger partial charge in [-0.25, -0.2) is 0 Å². The molecule has 1 aromatic rings. The number of hydrogen-bond donors (Lipinski definition) is 1. The highest BCUT2D eigenvalue weighted by atomic mass is 14.9. The molecule has 14 heavy (non-hydrogen) atoms. The van der Waals surface area contributed by atoms with E-state index < -0.39 is 0 Å². The van der Waals surface area contributed by atoms with Crippen LogP contribution in [0.15, 0.2) is 24.3 Å². The van der Waals surface area contributed by atoms with Crippen LogP contribution < -0.4 is 5.32 Å². The van der Waals surface area contributed by atoms with Gasteiger partial charge in [0.2, 0.25) is 0 Å². The Balaban J connectivity index is 2.80. The molecule has 0 aliphatic heterocycles. The third-order valence-corrected chi connectivity index (χ3v) is 2.26. The first-order chi connectivity index (χ1) is 6.79. The second-order valence-electron chi connectivity index (χ2n) is 3.41. The van der Waals surface area contributed by atoms with E-state index in [9.17, 15) is 0 Å². The quantitative estimate of drug-likeness (QED) is 0.715. The van der Waals surface area contributed by atoms with E-state index in [2.05, 4.69) is 37.2 Å². The fourth-order valence-corrected chi connectivity index (χ4v) is 1.46. The minimum absolute atomic E-state index is 0.0520. The maximum atomic E-state index is 5.50. The Morgan fingerprint density at radius 1 is 1.43 bits per heavy atom. The summed E-state index contributed by atoms with van der Waals surface area (Å²) in [5.74, 6) is 2.78. The molecule has 1 atom stereocenters. The smallest absolute Gasteiger partial charge is 0.0945 e. The summed E-state index contributed by atoms with van der Waals surface area (Å²) in [6, 6.07) is 8.29. The van der Waals surface area contributed by atoms with Gasteiger partial charge in [-0.1, -0.05) is 37.1 Å². The van der Waals surface area contributed by atoms with Crippen molar-refractivity contribution < 1.29 is 0 Å². The largest absolute Gasteiger partial charge is 0.300 e. The van der Waals surface area contributed by atoms with Crippen LogP contribution in [-0.2, 0) is 0 Å². The topological polar surface area (TPSA) is 12.0 Å². The predicted molar refractivity (Wildman–Crippen MR) is 61.0 cm³/mol. The van der Waals surface area contributed by atoms with E-state index in [0.717, 1.165) is 13.0 Å². The van der Waals surface area contributed by atoms with Crippen molar-refractivity contribution in [2.24, 2.45) is 0 Å². The molecule has 0 saturated heterocycles. The van der Waals surface area contributed by atoms with Gasteiger partial charge in [0.15, 0.2) is 0 Å². The summed E-state index contributed by atoms with van der Waals surface area (Å²) < 4.78 is 0. The van der Waals surface area contributed by atoms with Gasteiger partial charge in [0, 0.05) is 0 Å². The molecule has 74 valence electrons. The molecule has 0 fully saturated rings. The van der Waals surface area contributed by atoms with Crippen LogP contribution in [0.4, 0.5) is 0 Å². The van der Waals surface area contributed by atoms with Crippen molar-refractivity contribution in [2.45, 2.75) is 26.3 Å². The standard InChI is InChI=1S/C13H17N/c1-4-10-14-13(5-2)12-9-7-6-8-11(12)3/h2,6-9,13-14H,4,10H2,1,3H3. The third kappa shape index (κ3) is 2.61. The lowest BCUT2D eigenvalue weighted by atomic mass is 10.0. The SMILES string of the molecule is C#CC(NCCC)c1ccccc1C. The van der Waals surface area contributed by atoms with E-state index in [1.165, 1.54) is 11.1 Å². The van der Waals surface area contributed by atoms with Crippen molar-refractivity contribution in [3.8, 4) is 12.3 Å². The molecule has 1 nitrogen and oxygen atoms in total. The van der Waals surface area contributed by atoms with Gasteiger partial charge in [0.25, 0.3) is 0 Å². The monoisotopic (exact) mass is 187 g/mol. The molecule has 1 aromatic carbocycles. The summed E-state index contributed by atoms with van der Waals surface area (Å²) in [4.78, 5) is 0. The molecule has 1 unspecified atom stereocenters. The molecule has 0 heterocycles. The molecule has 0 spiro atoms. The number of rotatable bonds is 4. The second kappa shape index (κ2) is 5.47. The number of aryl methyl sites for hydroxylation is 1. The molecule has 0 radical (unpaired) electrons. The van der Waals surface area contributed by atoms with Gasteiger partial charge in [-0.05, 0) is 31.0 Å². The summed E-state index contributed by atoms with van der Waals surface area (Å²) in [6.07, 6.45) is 6.60. The summed E-state index contributed by atoms with van der Waals surface area (Å²) in [6.45, 7) is 5.19. The Bertz CT molecular complexity index is 322. The number of terminal acetylenes is 1. The Kier molecular flexibility index (Phi) is 4.22. The summed E-state index contributed by atoms with van der Waals surface area (Å²) in [5.41, 5.74) is 2.46. The van der Waals surface area contributed by atoms with Gasteiger partial charge in [-0.3, -0.25) is 5.32 Å². The lowest BCUT2D eigenvalue weighted by Crippen LogP contribution is -2.21. The van der Waals surface area contributed by atoms with Gasteiger partial charge in [-0.15, -0.1) is 6.42 Å². The lowest BCUT2D eigenvalue weighted by Gasteiger charge is -2.14. The minimum Gasteiger partial charge on any atom is -0.300 e. The predicted octanol–water partition coefficient (Wildman–Crippen LogP) is 2.67. The van der Waals surface area contributed by atoms with Crippen LogP contribution in [0, 0.1) is 19.3 Å². The van der Waals surface area contributed by atoms with E-state index in [1.54, 1.807) is 0 Å². The fourth-order valence-electron chi connectivity index (χ4n) is 1.46. The average molecular weight is 187 g/mol. The molecular weight excluding hydrogens is 170 g/mol. The Labute approximate surface area is 86.5 Å². The number of hydrogen-bond acceptors (Lipinski definition) is 1. The zero-order valence-corrected chi connectivity index (χ0v) is 8.88. The Hall–Kier alpha value is -1.26. The van der Waals surface area contributed by atoms with Gasteiger partial charge < -0.3 is 0 Å². The fraction of sp³-hybridized carbons (Fsp3) is 0.385. The first-order valence-electron chi connectivity index (χ1n) is 5.04. The molecule has 0 amide bonds. The average Bonchev–Trinajstić information content (AvgIpc) is 2.21. The van der Waals surface area contributed by atoms with E-state index in [4.69, 9.17) is 6.42 Å². The number of nitrogens with one attached hydrogen (secondary N) is 1. The van der Waals surface area contributed by atoms with Gasteiger partial charge in [-0.2, -0.15) is 0 Å². The molecule has 0 bridgehead atoms. The van der Waals surface area contributed by atoms with Gasteiger partial charge in [0.1, 0.15) is 0 Å². The van der Waals surface area contributed by atoms with E-state index >= 15 is 0 Å². The van der Waals surface area contributed by atoms with E-state index in [-0.39, 0.29) is 6.04 Å². The molecule has 1 N–H and O–H groups in total.